The van der Waals surface area contributed by atoms with E-state index in [1.54, 1.807) is 18.9 Å². The van der Waals surface area contributed by atoms with Crippen molar-refractivity contribution in [3.05, 3.63) is 46.6 Å². The van der Waals surface area contributed by atoms with Crippen LogP contribution in [0, 0.1) is 6.92 Å². The van der Waals surface area contributed by atoms with Crippen molar-refractivity contribution < 1.29 is 32.2 Å². The van der Waals surface area contributed by atoms with E-state index in [1.807, 2.05) is 0 Å². The summed E-state index contributed by atoms with van der Waals surface area (Å²) < 4.78 is 55.8. The molecular weight excluding hydrogens is 501 g/mol. The molecule has 1 N–H and O–H groups in total. The Morgan fingerprint density at radius 1 is 1.11 bits per heavy atom. The first-order valence-corrected chi connectivity index (χ1v) is 13.0. The number of hydrogen-bond donors (Lipinski definition) is 1. The maximum Gasteiger partial charge on any atom is 0.416 e. The van der Waals surface area contributed by atoms with E-state index in [0.29, 0.717) is 36.3 Å². The molecule has 2 heterocycles. The molecule has 1 saturated heterocycles. The Labute approximate surface area is 220 Å². The quantitative estimate of drug-likeness (QED) is 0.530. The normalized spacial score (nSPS) is 20.8. The van der Waals surface area contributed by atoms with Gasteiger partial charge < -0.3 is 24.4 Å². The van der Waals surface area contributed by atoms with Gasteiger partial charge in [0.25, 0.3) is 5.91 Å². The second-order valence-corrected chi connectivity index (χ2v) is 9.87. The van der Waals surface area contributed by atoms with Crippen molar-refractivity contribution in [3.63, 3.8) is 0 Å². The molecule has 1 amide bonds. The number of likely N-dealkylation sites (tertiary alicyclic amines) is 1. The fourth-order valence-electron chi connectivity index (χ4n) is 5.18. The van der Waals surface area contributed by atoms with Crippen LogP contribution in [0.3, 0.4) is 0 Å². The number of benzene rings is 1. The molecule has 38 heavy (non-hydrogen) atoms. The number of nitrogens with zero attached hydrogens (tertiary/aromatic N) is 3. The predicted molar refractivity (Wildman–Crippen MR) is 134 cm³/mol. The molecule has 8 nitrogen and oxygen atoms in total. The highest BCUT2D eigenvalue weighted by Gasteiger charge is 2.32. The molecule has 1 aliphatic carbocycles. The largest absolute Gasteiger partial charge is 0.472 e. The van der Waals surface area contributed by atoms with Gasteiger partial charge in [0.05, 0.1) is 18.8 Å². The molecule has 208 valence electrons. The van der Waals surface area contributed by atoms with Gasteiger partial charge in [-0.3, -0.25) is 4.79 Å². The Hall–Kier alpha value is -2.92. The summed E-state index contributed by atoms with van der Waals surface area (Å²) in [5.74, 6) is -0.157. The van der Waals surface area contributed by atoms with Crippen LogP contribution in [0.5, 0.6) is 11.9 Å². The number of piperidine rings is 1. The van der Waals surface area contributed by atoms with Crippen molar-refractivity contribution >= 4 is 5.91 Å². The van der Waals surface area contributed by atoms with Crippen LogP contribution in [0.4, 0.5) is 13.2 Å². The highest BCUT2D eigenvalue weighted by molar-refractivity contribution is 5.94. The van der Waals surface area contributed by atoms with Crippen LogP contribution < -0.4 is 14.8 Å². The number of aromatic nitrogens is 2. The van der Waals surface area contributed by atoms with E-state index < -0.39 is 11.7 Å². The van der Waals surface area contributed by atoms with E-state index in [1.165, 1.54) is 32.1 Å². The Morgan fingerprint density at radius 2 is 1.84 bits per heavy atom. The van der Waals surface area contributed by atoms with E-state index in [2.05, 4.69) is 15.3 Å². The summed E-state index contributed by atoms with van der Waals surface area (Å²) in [5.41, 5.74) is 0.140. The zero-order valence-electron chi connectivity index (χ0n) is 22.0. The Balaban J connectivity index is 1.41. The number of amides is 1. The lowest BCUT2D eigenvalue weighted by atomic mass is 9.90. The molecule has 0 spiro atoms. The van der Waals surface area contributed by atoms with Crippen LogP contribution in [0.2, 0.25) is 0 Å². The average Bonchev–Trinajstić information content (AvgIpc) is 2.92. The second kappa shape index (κ2) is 12.3. The minimum Gasteiger partial charge on any atom is -0.472 e. The first kappa shape index (κ1) is 28.1. The first-order valence-electron chi connectivity index (χ1n) is 13.0. The number of hydrogen-bond acceptors (Lipinski definition) is 7. The van der Waals surface area contributed by atoms with Gasteiger partial charge >= 0.3 is 12.2 Å². The monoisotopic (exact) mass is 536 g/mol. The maximum absolute atomic E-state index is 13.4. The number of alkyl halides is 3. The number of ether oxygens (including phenoxy) is 3. The lowest BCUT2D eigenvalue weighted by molar-refractivity contribution is -0.137. The van der Waals surface area contributed by atoms with Crippen molar-refractivity contribution in [2.45, 2.75) is 76.4 Å². The molecule has 1 aromatic carbocycles. The molecule has 4 rings (SSSR count). The van der Waals surface area contributed by atoms with Crippen LogP contribution in [0.15, 0.2) is 24.3 Å². The van der Waals surface area contributed by atoms with E-state index in [0.717, 1.165) is 37.8 Å². The number of halogens is 3. The van der Waals surface area contributed by atoms with Gasteiger partial charge in [0.15, 0.2) is 0 Å². The standard InChI is InChI=1S/C27H35F3N4O4/c1-17-23(25(35)34-13-11-20(12-14-34)31-21-9-4-5-10-22(21)36-2)32-26(37-3)33-24(17)38-16-18-7-6-8-19(15-18)27(28,29)30/h6-8,15,20-22,31H,4-5,9-14,16H2,1-3H3/t21-,22+/m0/s1. The van der Waals surface area contributed by atoms with Crippen LogP contribution in [0.1, 0.15) is 65.7 Å². The van der Waals surface area contributed by atoms with Gasteiger partial charge in [-0.1, -0.05) is 25.0 Å². The van der Waals surface area contributed by atoms with Gasteiger partial charge in [0, 0.05) is 37.8 Å². The molecule has 0 unspecified atom stereocenters. The summed E-state index contributed by atoms with van der Waals surface area (Å²) in [4.78, 5) is 23.6. The van der Waals surface area contributed by atoms with Crippen LogP contribution in [-0.2, 0) is 17.5 Å². The summed E-state index contributed by atoms with van der Waals surface area (Å²) in [7, 11) is 3.15. The van der Waals surface area contributed by atoms with Crippen LogP contribution >= 0.6 is 0 Å². The lowest BCUT2D eigenvalue weighted by Crippen LogP contribution is -2.52. The Bertz CT molecular complexity index is 1110. The molecule has 0 radical (unpaired) electrons. The van der Waals surface area contributed by atoms with Gasteiger partial charge in [-0.15, -0.1) is 0 Å². The summed E-state index contributed by atoms with van der Waals surface area (Å²) in [6, 6.07) is 5.50. The third-order valence-corrected chi connectivity index (χ3v) is 7.33. The highest BCUT2D eigenvalue weighted by Crippen LogP contribution is 2.30. The fraction of sp³-hybridized carbons (Fsp3) is 0.593. The fourth-order valence-corrected chi connectivity index (χ4v) is 5.18. The summed E-state index contributed by atoms with van der Waals surface area (Å²) in [6.45, 7) is 2.66. The van der Waals surface area contributed by atoms with Crippen molar-refractivity contribution in [2.75, 3.05) is 27.3 Å². The number of carbonyl (C=O) groups is 1. The SMILES string of the molecule is COc1nc(OCc2cccc(C(F)(F)F)c2)c(C)c(C(=O)N2CCC(N[C@H]3CCCC[C@H]3OC)CC2)n1. The third kappa shape index (κ3) is 6.74. The molecular formula is C27H35F3N4O4. The minimum absolute atomic E-state index is 0.0440. The second-order valence-electron chi connectivity index (χ2n) is 9.87. The number of nitrogens with one attached hydrogen (secondary N) is 1. The zero-order valence-corrected chi connectivity index (χ0v) is 22.0. The highest BCUT2D eigenvalue weighted by atomic mass is 19.4. The summed E-state index contributed by atoms with van der Waals surface area (Å²) >= 11 is 0. The van der Waals surface area contributed by atoms with Gasteiger partial charge in [0.1, 0.15) is 12.3 Å². The van der Waals surface area contributed by atoms with E-state index in [4.69, 9.17) is 14.2 Å². The molecule has 1 saturated carbocycles. The molecule has 11 heteroatoms. The molecule has 1 aromatic heterocycles. The number of methoxy groups -OCH3 is 2. The molecule has 2 aliphatic rings. The maximum atomic E-state index is 13.4. The molecule has 2 atom stereocenters. The first-order chi connectivity index (χ1) is 18.2. The van der Waals surface area contributed by atoms with E-state index >= 15 is 0 Å². The Kier molecular flexibility index (Phi) is 9.09. The van der Waals surface area contributed by atoms with Gasteiger partial charge in [0.2, 0.25) is 5.88 Å². The van der Waals surface area contributed by atoms with Crippen LogP contribution in [0.25, 0.3) is 0 Å². The average molecular weight is 537 g/mol. The van der Waals surface area contributed by atoms with E-state index in [9.17, 15) is 18.0 Å². The Morgan fingerprint density at radius 3 is 2.53 bits per heavy atom. The number of carbonyl (C=O) groups excluding carboxylic acids is 1. The van der Waals surface area contributed by atoms with E-state index in [-0.39, 0.29) is 36.2 Å². The summed E-state index contributed by atoms with van der Waals surface area (Å²) in [6.07, 6.45) is 1.97. The molecule has 1 aliphatic heterocycles. The van der Waals surface area contributed by atoms with Crippen LogP contribution in [-0.4, -0.2) is 66.3 Å². The third-order valence-electron chi connectivity index (χ3n) is 7.33. The smallest absolute Gasteiger partial charge is 0.416 e. The van der Waals surface area contributed by atoms with Crippen molar-refractivity contribution in [1.82, 2.24) is 20.2 Å². The summed E-state index contributed by atoms with van der Waals surface area (Å²) in [5, 5.41) is 3.74. The van der Waals surface area contributed by atoms with Gasteiger partial charge in [-0.25, -0.2) is 0 Å². The lowest BCUT2D eigenvalue weighted by Gasteiger charge is -2.38. The molecule has 2 fully saturated rings. The van der Waals surface area contributed by atoms with Gasteiger partial charge in [-0.2, -0.15) is 23.1 Å². The van der Waals surface area contributed by atoms with Gasteiger partial charge in [-0.05, 0) is 50.3 Å². The number of rotatable bonds is 8. The minimum atomic E-state index is -4.45. The van der Waals surface area contributed by atoms with Crippen molar-refractivity contribution in [1.29, 1.82) is 0 Å². The zero-order chi connectivity index (χ0) is 27.3. The predicted octanol–water partition coefficient (Wildman–Crippen LogP) is 4.54. The van der Waals surface area contributed by atoms with Crippen molar-refractivity contribution in [3.8, 4) is 11.9 Å². The molecule has 2 aromatic rings. The van der Waals surface area contributed by atoms with Crippen molar-refractivity contribution in [2.24, 2.45) is 0 Å². The topological polar surface area (TPSA) is 85.8 Å². The molecule has 0 bridgehead atoms.